The summed E-state index contributed by atoms with van der Waals surface area (Å²) in [6.07, 6.45) is -17.0. The molecule has 0 fully saturated rings. The van der Waals surface area contributed by atoms with Crippen molar-refractivity contribution in [2.24, 2.45) is 0 Å². The van der Waals surface area contributed by atoms with Gasteiger partial charge in [0.05, 0.1) is 42.3 Å². The minimum absolute atomic E-state index is 0.00180. The number of fused-ring (bicyclic) bond motifs is 3. The minimum atomic E-state index is -4.76. The summed E-state index contributed by atoms with van der Waals surface area (Å²) >= 11 is 0. The highest BCUT2D eigenvalue weighted by atomic mass is 19.4. The van der Waals surface area contributed by atoms with E-state index in [0.29, 0.717) is 5.56 Å². The molecule has 0 radical (unpaired) electrons. The zero-order chi connectivity index (χ0) is 62.0. The maximum Gasteiger partial charge on any atom is 0.427 e. The van der Waals surface area contributed by atoms with Gasteiger partial charge in [-0.1, -0.05) is 0 Å². The van der Waals surface area contributed by atoms with Gasteiger partial charge in [0.2, 0.25) is 23.4 Å². The molecule has 9 heterocycles. The summed E-state index contributed by atoms with van der Waals surface area (Å²) in [6, 6.07) is 4.26. The van der Waals surface area contributed by atoms with Crippen LogP contribution in [0.4, 0.5) is 74.6 Å². The molecule has 38 heteroatoms. The molecule has 9 rings (SSSR count). The zero-order valence-corrected chi connectivity index (χ0v) is 43.1. The lowest BCUT2D eigenvalue weighted by Crippen LogP contribution is -2.45. The Labute approximate surface area is 457 Å². The maximum absolute atomic E-state index is 14.3. The first kappa shape index (κ1) is 62.8. The summed E-state index contributed by atoms with van der Waals surface area (Å²) in [7, 11) is 1.61. The Morgan fingerprint density at radius 3 is 1.30 bits per heavy atom. The molecule has 21 nitrogen and oxygen atoms in total. The molecule has 0 aliphatic heterocycles. The highest BCUT2D eigenvalue weighted by Gasteiger charge is 2.50. The van der Waals surface area contributed by atoms with E-state index in [1.165, 1.54) is 37.6 Å². The van der Waals surface area contributed by atoms with Gasteiger partial charge in [-0.25, -0.2) is 23.7 Å². The fraction of sp³-hybridized carbons (Fsp3) is 0.348. The van der Waals surface area contributed by atoms with Crippen LogP contribution in [-0.2, 0) is 32.5 Å². The Morgan fingerprint density at radius 2 is 0.929 bits per heavy atom. The van der Waals surface area contributed by atoms with Crippen LogP contribution in [0.2, 0.25) is 0 Å². The van der Waals surface area contributed by atoms with Crippen molar-refractivity contribution in [3.8, 4) is 51.4 Å². The third-order valence-electron chi connectivity index (χ3n) is 10.9. The number of hydrogen-bond donors (Lipinski definition) is 0. The number of alkyl halides is 15. The Bertz CT molecular complexity index is 3750. The molecule has 0 aliphatic carbocycles. The molecule has 0 N–H and O–H groups in total. The molecule has 84 heavy (non-hydrogen) atoms. The van der Waals surface area contributed by atoms with Gasteiger partial charge >= 0.3 is 36.9 Å². The van der Waals surface area contributed by atoms with Crippen molar-refractivity contribution in [3.63, 3.8) is 0 Å². The second-order valence-electron chi connectivity index (χ2n) is 17.2. The van der Waals surface area contributed by atoms with Crippen LogP contribution < -0.4 is 14.2 Å². The van der Waals surface area contributed by atoms with Crippen LogP contribution in [0.25, 0.3) is 50.7 Å². The number of nitrogens with zero attached hydrogens (tertiary/aromatic N) is 15. The Balaban J connectivity index is 0.000000181. The molecule has 0 saturated carbocycles. The largest absolute Gasteiger partial charge is 0.466 e. The van der Waals surface area contributed by atoms with Gasteiger partial charge in [-0.2, -0.15) is 65.9 Å². The number of ether oxygens (including phenoxy) is 6. The van der Waals surface area contributed by atoms with Gasteiger partial charge in [-0.15, -0.1) is 30.6 Å². The summed E-state index contributed by atoms with van der Waals surface area (Å²) in [5.74, 6) is -6.70. The third-order valence-corrected chi connectivity index (χ3v) is 10.9. The first-order chi connectivity index (χ1) is 39.1. The first-order valence-electron chi connectivity index (χ1n) is 23.1. The van der Waals surface area contributed by atoms with Crippen molar-refractivity contribution in [2.75, 3.05) is 27.4 Å². The number of pyridine rings is 3. The summed E-state index contributed by atoms with van der Waals surface area (Å²) in [5, 5.41) is 20.8. The third kappa shape index (κ3) is 14.3. The Kier molecular flexibility index (Phi) is 17.8. The summed E-state index contributed by atoms with van der Waals surface area (Å²) in [6.45, 7) is 1.68. The van der Waals surface area contributed by atoms with Crippen molar-refractivity contribution in [2.45, 2.75) is 76.3 Å². The van der Waals surface area contributed by atoms with E-state index < -0.39 is 96.0 Å². The number of hydrogen-bond acceptors (Lipinski definition) is 18. The van der Waals surface area contributed by atoms with Crippen molar-refractivity contribution in [1.82, 2.24) is 73.7 Å². The molecule has 9 aromatic rings. The van der Waals surface area contributed by atoms with E-state index >= 15 is 0 Å². The van der Waals surface area contributed by atoms with Crippen LogP contribution in [0.3, 0.4) is 0 Å². The van der Waals surface area contributed by atoms with Gasteiger partial charge in [0, 0.05) is 74.2 Å². The van der Waals surface area contributed by atoms with E-state index in [-0.39, 0.29) is 57.6 Å². The molecular formula is C46H36F17N15O6. The van der Waals surface area contributed by atoms with E-state index in [2.05, 4.69) is 84.2 Å². The molecular weight excluding hydrogens is 1180 g/mol. The predicted octanol–water partition coefficient (Wildman–Crippen LogP) is 10.3. The van der Waals surface area contributed by atoms with Crippen LogP contribution in [0.5, 0.6) is 17.6 Å². The average Bonchev–Trinajstić information content (AvgIpc) is 2.77. The molecule has 450 valence electrons. The van der Waals surface area contributed by atoms with Gasteiger partial charge in [-0.3, -0.25) is 28.2 Å². The summed E-state index contributed by atoms with van der Waals surface area (Å²) in [5.41, 5.74) is -2.08. The molecule has 0 spiro atoms. The van der Waals surface area contributed by atoms with E-state index in [1.807, 2.05) is 0 Å². The average molecular weight is 1220 g/mol. The van der Waals surface area contributed by atoms with Crippen LogP contribution in [0.15, 0.2) is 80.0 Å². The van der Waals surface area contributed by atoms with Gasteiger partial charge in [0.1, 0.15) is 0 Å². The van der Waals surface area contributed by atoms with Gasteiger partial charge < -0.3 is 28.4 Å². The quantitative estimate of drug-likeness (QED) is 0.0820. The number of rotatable bonds is 16. The normalized spacial score (nSPS) is 13.1. The smallest absolute Gasteiger partial charge is 0.427 e. The standard InChI is InChI=1S/C16H13F6N5O2.C15H11F6N5O2.C15H12F5N5O2/c1-14(2,16(20,21)22)29-12-9(17)4-8(5-24-12)10-7-27-11(6-23-10)25-26-13(27)15(18,19)28-3;1-2-28-15(20,21)13-25-24-11-5-22-10(6-26(11)13)8-3-9(16)12(23-4-8)27-7-14(17,18)19;1-8(14(16,17)18)27-12-4-3-9(5-22-12)10-7-25-11(6-21-10)23-24-13(25)15(19,20)26-2/h4-7H,1-3H3;3-6H,2,7H2,1H3;3-8H,1-2H3/t;;8-/m..0/s1. The van der Waals surface area contributed by atoms with E-state index in [4.69, 9.17) is 4.74 Å². The molecule has 1 atom stereocenters. The van der Waals surface area contributed by atoms with Gasteiger partial charge in [-0.05, 0) is 45.9 Å². The van der Waals surface area contributed by atoms with Crippen molar-refractivity contribution in [1.29, 1.82) is 0 Å². The van der Waals surface area contributed by atoms with E-state index in [0.717, 1.165) is 97.5 Å². The van der Waals surface area contributed by atoms with Crippen molar-refractivity contribution in [3.05, 3.63) is 109 Å². The molecule has 0 aliphatic rings. The van der Waals surface area contributed by atoms with Gasteiger partial charge in [0.15, 0.2) is 46.9 Å². The zero-order valence-electron chi connectivity index (χ0n) is 43.1. The number of aromatic nitrogens is 15. The maximum atomic E-state index is 14.3. The van der Waals surface area contributed by atoms with Crippen molar-refractivity contribution < 1.29 is 103 Å². The SMILES string of the molecule is CCOC(F)(F)c1nnc2cnc(-c3cnc(OCC(F)(F)F)c(F)c3)cn12.COC(F)(F)c1nnc2cnc(-c3ccc(O[C@@H](C)C(F)(F)F)nc3)cn12.COC(F)(F)c1nnc2cnc(-c3cnc(OC(C)(C)C(F)(F)F)c(F)c3)cn12. The minimum Gasteiger partial charge on any atom is -0.466 e. The lowest BCUT2D eigenvalue weighted by atomic mass is 10.1. The van der Waals surface area contributed by atoms with Crippen LogP contribution in [-0.4, -0.2) is 131 Å². The topological polar surface area (TPSA) is 223 Å². The summed E-state index contributed by atoms with van der Waals surface area (Å²) in [4.78, 5) is 22.8. The van der Waals surface area contributed by atoms with Crippen LogP contribution in [0, 0.1) is 11.6 Å². The van der Waals surface area contributed by atoms with Crippen LogP contribution in [0.1, 0.15) is 45.2 Å². The van der Waals surface area contributed by atoms with Crippen LogP contribution >= 0.6 is 0 Å². The lowest BCUT2D eigenvalue weighted by Gasteiger charge is -2.28. The molecule has 0 bridgehead atoms. The lowest BCUT2D eigenvalue weighted by molar-refractivity contribution is -0.251. The predicted molar refractivity (Wildman–Crippen MR) is 248 cm³/mol. The molecule has 0 unspecified atom stereocenters. The van der Waals surface area contributed by atoms with Crippen molar-refractivity contribution >= 4 is 16.9 Å². The molecule has 9 aromatic heterocycles. The fourth-order valence-electron chi connectivity index (χ4n) is 6.49. The molecule has 0 amide bonds. The monoisotopic (exact) mass is 1220 g/mol. The number of halogens is 17. The first-order valence-corrected chi connectivity index (χ1v) is 23.1. The van der Waals surface area contributed by atoms with E-state index in [9.17, 15) is 74.6 Å². The number of methoxy groups -OCH3 is 2. The van der Waals surface area contributed by atoms with Gasteiger partial charge in [0.25, 0.3) is 11.8 Å². The second-order valence-corrected chi connectivity index (χ2v) is 17.2. The highest BCUT2D eigenvalue weighted by molar-refractivity contribution is 5.61. The Morgan fingerprint density at radius 1 is 0.512 bits per heavy atom. The second kappa shape index (κ2) is 23.8. The highest BCUT2D eigenvalue weighted by Crippen LogP contribution is 2.36. The molecule has 0 aromatic carbocycles. The van der Waals surface area contributed by atoms with E-state index in [1.54, 1.807) is 0 Å². The summed E-state index contributed by atoms with van der Waals surface area (Å²) < 4.78 is 253. The Hall–Kier alpha value is -8.81. The fourth-order valence-corrected chi connectivity index (χ4v) is 6.49. The molecule has 0 saturated heterocycles.